The molecule has 2 aliphatic heterocycles. The Morgan fingerprint density at radius 2 is 2.06 bits per heavy atom. The number of rotatable bonds is 2. The summed E-state index contributed by atoms with van der Waals surface area (Å²) in [4.78, 5) is 0. The molecule has 1 aromatic carbocycles. The Morgan fingerprint density at radius 3 is 2.67 bits per heavy atom. The lowest BCUT2D eigenvalue weighted by atomic mass is 9.68. The summed E-state index contributed by atoms with van der Waals surface area (Å²) < 4.78 is 5.60. The maximum atomic E-state index is 5.60. The minimum absolute atomic E-state index is 0.233. The highest BCUT2D eigenvalue weighted by molar-refractivity contribution is 5.40. The molecule has 0 radical (unpaired) electrons. The second kappa shape index (κ2) is 4.67. The van der Waals surface area contributed by atoms with Crippen molar-refractivity contribution < 1.29 is 4.74 Å². The molecule has 0 amide bonds. The Kier molecular flexibility index (Phi) is 3.16. The lowest BCUT2D eigenvalue weighted by molar-refractivity contribution is -0.0830. The zero-order chi connectivity index (χ0) is 12.6. The third-order valence-corrected chi connectivity index (χ3v) is 4.63. The van der Waals surface area contributed by atoms with Gasteiger partial charge in [-0.25, -0.2) is 0 Å². The number of hydrogen-bond donors (Lipinski definition) is 1. The normalized spacial score (nSPS) is 26.7. The van der Waals surface area contributed by atoms with Crippen LogP contribution >= 0.6 is 0 Å². The summed E-state index contributed by atoms with van der Waals surface area (Å²) in [7, 11) is 0. The fourth-order valence-corrected chi connectivity index (χ4v) is 3.46. The van der Waals surface area contributed by atoms with Crippen LogP contribution in [-0.2, 0) is 10.2 Å². The average molecular weight is 245 g/mol. The highest BCUT2D eigenvalue weighted by atomic mass is 16.5. The molecular formula is C16H23NO. The van der Waals surface area contributed by atoms with Crippen LogP contribution in [0.4, 0.5) is 0 Å². The summed E-state index contributed by atoms with van der Waals surface area (Å²) in [6.07, 6.45) is 3.96. The molecule has 18 heavy (non-hydrogen) atoms. The van der Waals surface area contributed by atoms with Crippen molar-refractivity contribution >= 4 is 0 Å². The Bertz CT molecular complexity index is 431. The molecule has 0 aromatic heterocycles. The van der Waals surface area contributed by atoms with E-state index in [1.54, 1.807) is 0 Å². The van der Waals surface area contributed by atoms with E-state index in [2.05, 4.69) is 37.4 Å². The molecule has 1 aromatic rings. The van der Waals surface area contributed by atoms with Crippen molar-refractivity contribution in [1.82, 2.24) is 5.32 Å². The quantitative estimate of drug-likeness (QED) is 0.865. The van der Waals surface area contributed by atoms with E-state index < -0.39 is 0 Å². The highest BCUT2D eigenvalue weighted by Gasteiger charge is 2.47. The first-order valence-electron chi connectivity index (χ1n) is 7.11. The number of nitrogens with one attached hydrogen (secondary N) is 1. The van der Waals surface area contributed by atoms with Gasteiger partial charge in [0.2, 0.25) is 0 Å². The van der Waals surface area contributed by atoms with Gasteiger partial charge in [0.05, 0.1) is 18.6 Å². The molecule has 0 bridgehead atoms. The van der Waals surface area contributed by atoms with E-state index in [0.29, 0.717) is 6.04 Å². The number of piperidine rings is 1. The number of hydrogen-bond acceptors (Lipinski definition) is 2. The molecule has 2 heterocycles. The molecule has 1 atom stereocenters. The lowest BCUT2D eigenvalue weighted by Gasteiger charge is -2.50. The van der Waals surface area contributed by atoms with Crippen molar-refractivity contribution in [2.75, 3.05) is 19.8 Å². The molecule has 0 spiro atoms. The van der Waals surface area contributed by atoms with Gasteiger partial charge in [0, 0.05) is 6.04 Å². The smallest absolute Gasteiger partial charge is 0.0600 e. The number of ether oxygens (including phenoxy) is 1. The first-order valence-corrected chi connectivity index (χ1v) is 7.11. The van der Waals surface area contributed by atoms with Crippen LogP contribution in [0.5, 0.6) is 0 Å². The van der Waals surface area contributed by atoms with Gasteiger partial charge in [0.25, 0.3) is 0 Å². The Hall–Kier alpha value is -0.860. The lowest BCUT2D eigenvalue weighted by Crippen LogP contribution is -2.61. The summed E-state index contributed by atoms with van der Waals surface area (Å²) in [5.74, 6) is 0. The van der Waals surface area contributed by atoms with Gasteiger partial charge in [-0.15, -0.1) is 0 Å². The van der Waals surface area contributed by atoms with Crippen molar-refractivity contribution in [2.24, 2.45) is 0 Å². The van der Waals surface area contributed by atoms with Crippen molar-refractivity contribution in [1.29, 1.82) is 0 Å². The van der Waals surface area contributed by atoms with E-state index in [9.17, 15) is 0 Å². The zero-order valence-electron chi connectivity index (χ0n) is 11.5. The average Bonchev–Trinajstić information content (AvgIpc) is 2.34. The van der Waals surface area contributed by atoms with Crippen molar-refractivity contribution in [2.45, 2.75) is 44.6 Å². The van der Waals surface area contributed by atoms with Crippen molar-refractivity contribution in [3.63, 3.8) is 0 Å². The van der Waals surface area contributed by atoms with Crippen LogP contribution < -0.4 is 5.32 Å². The molecule has 2 heteroatoms. The first kappa shape index (κ1) is 12.2. The van der Waals surface area contributed by atoms with Crippen LogP contribution in [0.3, 0.4) is 0 Å². The van der Waals surface area contributed by atoms with Gasteiger partial charge >= 0.3 is 0 Å². The maximum absolute atomic E-state index is 5.60. The van der Waals surface area contributed by atoms with Gasteiger partial charge in [0.1, 0.15) is 0 Å². The fourth-order valence-electron chi connectivity index (χ4n) is 3.46. The van der Waals surface area contributed by atoms with Gasteiger partial charge in [0.15, 0.2) is 0 Å². The summed E-state index contributed by atoms with van der Waals surface area (Å²) >= 11 is 0. The second-order valence-electron chi connectivity index (χ2n) is 5.97. The van der Waals surface area contributed by atoms with Crippen LogP contribution in [0.15, 0.2) is 18.2 Å². The molecule has 2 nitrogen and oxygen atoms in total. The van der Waals surface area contributed by atoms with Crippen molar-refractivity contribution in [3.05, 3.63) is 34.9 Å². The van der Waals surface area contributed by atoms with Crippen LogP contribution in [0, 0.1) is 13.8 Å². The van der Waals surface area contributed by atoms with E-state index in [0.717, 1.165) is 19.8 Å². The van der Waals surface area contributed by atoms with Gasteiger partial charge in [-0.2, -0.15) is 0 Å². The summed E-state index contributed by atoms with van der Waals surface area (Å²) in [5.41, 5.74) is 4.51. The third-order valence-electron chi connectivity index (χ3n) is 4.63. The maximum Gasteiger partial charge on any atom is 0.0600 e. The van der Waals surface area contributed by atoms with Gasteiger partial charge in [-0.3, -0.25) is 0 Å². The number of benzene rings is 1. The fraction of sp³-hybridized carbons (Fsp3) is 0.625. The summed E-state index contributed by atoms with van der Waals surface area (Å²) in [5, 5.41) is 3.73. The molecule has 0 aliphatic carbocycles. The van der Waals surface area contributed by atoms with Crippen LogP contribution in [0.25, 0.3) is 0 Å². The Morgan fingerprint density at radius 1 is 1.22 bits per heavy atom. The molecule has 2 saturated heterocycles. The van der Waals surface area contributed by atoms with E-state index in [-0.39, 0.29) is 5.41 Å². The standard InChI is InChI=1S/C16H23NO/c1-12-6-7-13(2)14(9-12)16(10-18-11-16)15-5-3-4-8-17-15/h6-7,9,15,17H,3-5,8,10-11H2,1-2H3. The van der Waals surface area contributed by atoms with E-state index >= 15 is 0 Å². The van der Waals surface area contributed by atoms with Gasteiger partial charge < -0.3 is 10.1 Å². The highest BCUT2D eigenvalue weighted by Crippen LogP contribution is 2.40. The SMILES string of the molecule is Cc1ccc(C)c(C2(C3CCCCN3)COC2)c1. The van der Waals surface area contributed by atoms with Gasteiger partial charge in [-0.05, 0) is 44.4 Å². The summed E-state index contributed by atoms with van der Waals surface area (Å²) in [6.45, 7) is 7.35. The molecule has 1 N–H and O–H groups in total. The number of aryl methyl sites for hydroxylation is 2. The second-order valence-corrected chi connectivity index (χ2v) is 5.97. The van der Waals surface area contributed by atoms with Crippen LogP contribution in [0.1, 0.15) is 36.0 Å². The largest absolute Gasteiger partial charge is 0.379 e. The minimum Gasteiger partial charge on any atom is -0.379 e. The van der Waals surface area contributed by atoms with Crippen molar-refractivity contribution in [3.8, 4) is 0 Å². The predicted molar refractivity (Wildman–Crippen MR) is 74.1 cm³/mol. The molecule has 0 saturated carbocycles. The molecule has 2 fully saturated rings. The zero-order valence-corrected chi connectivity index (χ0v) is 11.5. The molecule has 98 valence electrons. The van der Waals surface area contributed by atoms with E-state index in [1.807, 2.05) is 0 Å². The minimum atomic E-state index is 0.233. The monoisotopic (exact) mass is 245 g/mol. The van der Waals surface area contributed by atoms with Crippen LogP contribution in [0.2, 0.25) is 0 Å². The molecule has 1 unspecified atom stereocenters. The molecule has 2 aliphatic rings. The predicted octanol–water partition coefficient (Wildman–Crippen LogP) is 2.71. The van der Waals surface area contributed by atoms with E-state index in [4.69, 9.17) is 4.74 Å². The topological polar surface area (TPSA) is 21.3 Å². The molecular weight excluding hydrogens is 222 g/mol. The Balaban J connectivity index is 1.97. The van der Waals surface area contributed by atoms with E-state index in [1.165, 1.54) is 36.0 Å². The Labute approximate surface area is 110 Å². The summed E-state index contributed by atoms with van der Waals surface area (Å²) in [6, 6.07) is 7.43. The van der Waals surface area contributed by atoms with Gasteiger partial charge in [-0.1, -0.05) is 30.2 Å². The van der Waals surface area contributed by atoms with Crippen LogP contribution in [-0.4, -0.2) is 25.8 Å². The molecule has 3 rings (SSSR count). The third kappa shape index (κ3) is 1.88. The first-order chi connectivity index (χ1) is 8.72.